The molecule has 5 rings (SSSR count). The summed E-state index contributed by atoms with van der Waals surface area (Å²) in [4.78, 5) is 56.1. The third-order valence-corrected chi connectivity index (χ3v) is 10.5. The zero-order valence-electron chi connectivity index (χ0n) is 31.5. The van der Waals surface area contributed by atoms with Crippen molar-refractivity contribution in [3.8, 4) is 39.9 Å². The molecule has 0 saturated heterocycles. The van der Waals surface area contributed by atoms with Gasteiger partial charge in [0.15, 0.2) is 23.0 Å². The number of amides is 3. The second-order valence-electron chi connectivity index (χ2n) is 12.9. The Morgan fingerprint density at radius 2 is 1.55 bits per heavy atom. The molecule has 3 aromatic carbocycles. The number of nitrogens with one attached hydrogen (secondary N) is 3. The molecule has 3 N–H and O–H groups in total. The molecule has 0 unspecified atom stereocenters. The van der Waals surface area contributed by atoms with Crippen LogP contribution in [0.3, 0.4) is 0 Å². The van der Waals surface area contributed by atoms with Gasteiger partial charge in [0.1, 0.15) is 12.1 Å². The maximum absolute atomic E-state index is 14.6. The number of hydrogen-bond acceptors (Lipinski definition) is 11. The summed E-state index contributed by atoms with van der Waals surface area (Å²) in [5.74, 6) is 2.16. The van der Waals surface area contributed by atoms with E-state index < -0.39 is 18.1 Å². The van der Waals surface area contributed by atoms with Gasteiger partial charge >= 0.3 is 0 Å². The smallest absolute Gasteiger partial charge is 0.246 e. The Morgan fingerprint density at radius 3 is 2.15 bits per heavy atom. The van der Waals surface area contributed by atoms with Crippen molar-refractivity contribution < 1.29 is 38.1 Å². The number of carbonyl (C=O) groups is 3. The number of hydrogen-bond donors (Lipinski definition) is 3. The Balaban J connectivity index is 1.61. The first-order chi connectivity index (χ1) is 25.5. The highest BCUT2D eigenvalue weighted by atomic mass is 32.2. The minimum absolute atomic E-state index is 0.158. The van der Waals surface area contributed by atoms with E-state index >= 15 is 0 Å². The van der Waals surface area contributed by atoms with Crippen molar-refractivity contribution in [1.82, 2.24) is 15.5 Å². The fourth-order valence-corrected chi connectivity index (χ4v) is 7.72. The molecule has 0 bridgehead atoms. The average molecular weight is 749 g/mol. The fourth-order valence-electron chi connectivity index (χ4n) is 7.25. The summed E-state index contributed by atoms with van der Waals surface area (Å²) in [7, 11) is 9.27. The summed E-state index contributed by atoms with van der Waals surface area (Å²) in [5.41, 5.74) is 4.44. The van der Waals surface area contributed by atoms with Crippen molar-refractivity contribution in [1.29, 1.82) is 0 Å². The van der Waals surface area contributed by atoms with E-state index in [4.69, 9.17) is 23.7 Å². The van der Waals surface area contributed by atoms with Gasteiger partial charge < -0.3 is 44.5 Å². The maximum atomic E-state index is 14.6. The summed E-state index contributed by atoms with van der Waals surface area (Å²) in [6.07, 6.45) is 3.67. The minimum Gasteiger partial charge on any atom is -0.493 e. The molecule has 1 aliphatic carbocycles. The van der Waals surface area contributed by atoms with Gasteiger partial charge in [-0.25, -0.2) is 0 Å². The first-order valence-corrected chi connectivity index (χ1v) is 18.7. The molecule has 1 heterocycles. The number of likely N-dealkylation sites (N-methyl/N-ethyl adjacent to an activating group) is 1. The monoisotopic (exact) mass is 748 g/mol. The molecule has 0 aromatic heterocycles. The van der Waals surface area contributed by atoms with Crippen LogP contribution in [0.4, 0.5) is 5.69 Å². The summed E-state index contributed by atoms with van der Waals surface area (Å²) >= 11 is 1.57. The molecule has 14 heteroatoms. The molecule has 0 radical (unpaired) electrons. The predicted molar refractivity (Wildman–Crippen MR) is 205 cm³/mol. The molecular weight excluding hydrogens is 701 g/mol. The Hall–Kier alpha value is -5.11. The quantitative estimate of drug-likeness (QED) is 0.232. The van der Waals surface area contributed by atoms with Crippen molar-refractivity contribution in [3.05, 3.63) is 68.9 Å². The highest BCUT2D eigenvalue weighted by molar-refractivity contribution is 7.98. The number of rotatable bonds is 13. The van der Waals surface area contributed by atoms with Gasteiger partial charge in [-0.15, -0.1) is 0 Å². The number of thioether (sulfide) groups is 1. The van der Waals surface area contributed by atoms with Gasteiger partial charge in [0.2, 0.25) is 28.9 Å². The number of ether oxygens (including phenoxy) is 5. The maximum Gasteiger partial charge on any atom is 0.246 e. The van der Waals surface area contributed by atoms with Crippen LogP contribution in [0.25, 0.3) is 11.1 Å². The van der Waals surface area contributed by atoms with Gasteiger partial charge in [-0.2, -0.15) is 11.8 Å². The van der Waals surface area contributed by atoms with E-state index in [1.54, 1.807) is 58.2 Å². The molecule has 0 spiro atoms. The second-order valence-corrected chi connectivity index (χ2v) is 13.8. The zero-order chi connectivity index (χ0) is 38.4. The van der Waals surface area contributed by atoms with Gasteiger partial charge in [-0.1, -0.05) is 6.07 Å². The molecule has 3 amide bonds. The standard InChI is InChI=1S/C39H48N4O9S/c1-21(44)41-27-11-9-22-16-34(50-5)36(51-6)37(52-7)35(22)25-10-12-28(31(45)19-26(25)27)42-29(13-14-53-8)39(47)43-20-24-18-33(49-4)32(48-3)17-23(24)15-30(43)38(46)40-2/h10,12,16-19,27,29-30H,9,11,13-15,20H2,1-8H3,(H,40,46)(H,41,44)(H,42,45)/t27-,29-,30-/m1/s1. The number of fused-ring (bicyclic) bond motifs is 4. The van der Waals surface area contributed by atoms with Crippen molar-refractivity contribution in [2.45, 2.75) is 57.3 Å². The van der Waals surface area contributed by atoms with E-state index in [-0.39, 0.29) is 41.8 Å². The van der Waals surface area contributed by atoms with Gasteiger partial charge in [0, 0.05) is 32.5 Å². The van der Waals surface area contributed by atoms with Crippen molar-refractivity contribution in [2.75, 3.05) is 59.9 Å². The average Bonchev–Trinajstić information content (AvgIpc) is 3.41. The zero-order valence-corrected chi connectivity index (χ0v) is 32.3. The topological polar surface area (TPSA) is 154 Å². The molecule has 3 aromatic rings. The van der Waals surface area contributed by atoms with Crippen molar-refractivity contribution in [3.63, 3.8) is 0 Å². The van der Waals surface area contributed by atoms with E-state index in [1.807, 2.05) is 30.5 Å². The van der Waals surface area contributed by atoms with Crippen LogP contribution >= 0.6 is 11.8 Å². The third kappa shape index (κ3) is 7.97. The van der Waals surface area contributed by atoms with Gasteiger partial charge in [-0.3, -0.25) is 19.2 Å². The van der Waals surface area contributed by atoms with Crippen LogP contribution in [0.2, 0.25) is 0 Å². The SMILES string of the molecule is CNC(=O)[C@H]1Cc2cc(OC)c(OC)cc2CN1C(=O)[C@@H](CCSC)Nc1ccc2c(cc1=O)[C@H](NC(C)=O)CCc1cc(OC)c(OC)c(OC)c1-2. The second kappa shape index (κ2) is 17.1. The third-order valence-electron chi connectivity index (χ3n) is 9.82. The van der Waals surface area contributed by atoms with Gasteiger partial charge in [-0.05, 0) is 89.4 Å². The summed E-state index contributed by atoms with van der Waals surface area (Å²) in [6.45, 7) is 1.60. The Labute approximate surface area is 314 Å². The molecule has 0 saturated carbocycles. The van der Waals surface area contributed by atoms with E-state index in [0.717, 1.165) is 22.3 Å². The largest absolute Gasteiger partial charge is 0.493 e. The summed E-state index contributed by atoms with van der Waals surface area (Å²) in [5, 5.41) is 9.01. The van der Waals surface area contributed by atoms with Crippen molar-refractivity contribution >= 4 is 35.2 Å². The molecule has 13 nitrogen and oxygen atoms in total. The molecule has 3 atom stereocenters. The highest BCUT2D eigenvalue weighted by Crippen LogP contribution is 2.50. The van der Waals surface area contributed by atoms with E-state index in [9.17, 15) is 19.2 Å². The predicted octanol–water partition coefficient (Wildman–Crippen LogP) is 4.11. The highest BCUT2D eigenvalue weighted by Gasteiger charge is 2.38. The van der Waals surface area contributed by atoms with Crippen molar-refractivity contribution in [2.24, 2.45) is 0 Å². The van der Waals surface area contributed by atoms with Gasteiger partial charge in [0.25, 0.3) is 0 Å². The lowest BCUT2D eigenvalue weighted by molar-refractivity contribution is -0.142. The Bertz CT molecular complexity index is 1940. The van der Waals surface area contributed by atoms with Crippen LogP contribution in [-0.2, 0) is 33.8 Å². The first kappa shape index (κ1) is 39.1. The van der Waals surface area contributed by atoms with E-state index in [2.05, 4.69) is 16.0 Å². The van der Waals surface area contributed by atoms with E-state index in [0.29, 0.717) is 64.9 Å². The molecule has 2 aliphatic rings. The normalized spacial score (nSPS) is 16.4. The van der Waals surface area contributed by atoms with Crippen LogP contribution in [0.1, 0.15) is 48.1 Å². The molecular formula is C39H48N4O9S. The number of nitrogens with zero attached hydrogens (tertiary/aromatic N) is 1. The molecule has 1 aliphatic heterocycles. The van der Waals surface area contributed by atoms with E-state index in [1.165, 1.54) is 20.1 Å². The molecule has 284 valence electrons. The lowest BCUT2D eigenvalue weighted by Gasteiger charge is -2.38. The van der Waals surface area contributed by atoms with Crippen LogP contribution in [0.5, 0.6) is 28.7 Å². The van der Waals surface area contributed by atoms with Crippen LogP contribution in [0.15, 0.2) is 41.2 Å². The summed E-state index contributed by atoms with van der Waals surface area (Å²) < 4.78 is 28.3. The Kier molecular flexibility index (Phi) is 12.7. The molecule has 0 fully saturated rings. The number of anilines is 1. The minimum atomic E-state index is -0.844. The number of benzene rings is 2. The van der Waals surface area contributed by atoms with Crippen LogP contribution in [0, 0.1) is 0 Å². The van der Waals surface area contributed by atoms with Crippen LogP contribution in [-0.4, -0.2) is 89.3 Å². The fraction of sp³-hybridized carbons (Fsp3) is 0.436. The van der Waals surface area contributed by atoms with Crippen LogP contribution < -0.4 is 45.1 Å². The Morgan fingerprint density at radius 1 is 0.887 bits per heavy atom. The lowest BCUT2D eigenvalue weighted by atomic mass is 9.92. The number of methoxy groups -OCH3 is 5. The summed E-state index contributed by atoms with van der Waals surface area (Å²) in [6, 6.07) is 8.44. The molecule has 53 heavy (non-hydrogen) atoms. The first-order valence-electron chi connectivity index (χ1n) is 17.3. The van der Waals surface area contributed by atoms with Gasteiger partial charge in [0.05, 0.1) is 47.3 Å². The number of carbonyl (C=O) groups excluding carboxylic acids is 3. The lowest BCUT2D eigenvalue weighted by Crippen LogP contribution is -2.55. The number of aryl methyl sites for hydroxylation is 1.